The maximum Gasteiger partial charge on any atom is 0.136 e. The molecular formula is C18H27N3. The largest absolute Gasteiger partial charge is 0.356 e. The summed E-state index contributed by atoms with van der Waals surface area (Å²) in [5, 5.41) is 5.93. The van der Waals surface area contributed by atoms with E-state index in [0.29, 0.717) is 0 Å². The maximum atomic E-state index is 4.94. The first-order valence-corrected chi connectivity index (χ1v) is 8.14. The van der Waals surface area contributed by atoms with Crippen molar-refractivity contribution in [1.82, 2.24) is 10.3 Å². The lowest BCUT2D eigenvalue weighted by molar-refractivity contribution is 0.701. The number of aromatic nitrogens is 1. The Bertz CT molecular complexity index is 559. The van der Waals surface area contributed by atoms with Crippen molar-refractivity contribution in [3.05, 3.63) is 36.0 Å². The average Bonchev–Trinajstić information content (AvgIpc) is 2.52. The van der Waals surface area contributed by atoms with E-state index in [1.54, 1.807) is 0 Å². The molecule has 0 saturated heterocycles. The van der Waals surface area contributed by atoms with Crippen LogP contribution >= 0.6 is 0 Å². The third-order valence-electron chi connectivity index (χ3n) is 3.62. The zero-order valence-corrected chi connectivity index (χ0v) is 13.5. The lowest BCUT2D eigenvalue weighted by atomic mass is 10.1. The van der Waals surface area contributed by atoms with Crippen molar-refractivity contribution >= 4 is 16.6 Å². The van der Waals surface area contributed by atoms with Crippen molar-refractivity contribution < 1.29 is 0 Å². The highest BCUT2D eigenvalue weighted by Gasteiger charge is 2.12. The molecule has 3 heteroatoms. The predicted molar refractivity (Wildman–Crippen MR) is 91.9 cm³/mol. The molecule has 0 aliphatic heterocycles. The second-order valence-corrected chi connectivity index (χ2v) is 5.43. The molecule has 0 spiro atoms. The van der Waals surface area contributed by atoms with Crippen LogP contribution in [0.2, 0.25) is 0 Å². The fourth-order valence-corrected chi connectivity index (χ4v) is 2.68. The molecule has 0 radical (unpaired) electrons. The maximum absolute atomic E-state index is 4.94. The molecule has 2 aromatic rings. The highest BCUT2D eigenvalue weighted by Crippen LogP contribution is 2.26. The molecule has 1 aromatic carbocycles. The Labute approximate surface area is 128 Å². The zero-order valence-electron chi connectivity index (χ0n) is 13.5. The van der Waals surface area contributed by atoms with Crippen molar-refractivity contribution in [2.24, 2.45) is 0 Å². The lowest BCUT2D eigenvalue weighted by Gasteiger charge is -2.25. The van der Waals surface area contributed by atoms with Crippen LogP contribution in [-0.2, 0) is 6.54 Å². The van der Waals surface area contributed by atoms with Gasteiger partial charge in [0.2, 0.25) is 0 Å². The number of benzene rings is 1. The van der Waals surface area contributed by atoms with Crippen LogP contribution in [-0.4, -0.2) is 24.6 Å². The van der Waals surface area contributed by atoms with Crippen molar-refractivity contribution in [2.45, 2.75) is 40.2 Å². The van der Waals surface area contributed by atoms with Crippen LogP contribution in [0, 0.1) is 0 Å². The van der Waals surface area contributed by atoms with E-state index in [2.05, 4.69) is 61.3 Å². The van der Waals surface area contributed by atoms with E-state index in [9.17, 15) is 0 Å². The molecule has 114 valence electrons. The van der Waals surface area contributed by atoms with E-state index >= 15 is 0 Å². The second kappa shape index (κ2) is 7.99. The van der Waals surface area contributed by atoms with Gasteiger partial charge in [-0.15, -0.1) is 0 Å². The van der Waals surface area contributed by atoms with Crippen LogP contribution in [0.4, 0.5) is 5.82 Å². The van der Waals surface area contributed by atoms with Crippen LogP contribution in [0.3, 0.4) is 0 Å². The van der Waals surface area contributed by atoms with Crippen molar-refractivity contribution in [3.8, 4) is 0 Å². The molecule has 21 heavy (non-hydrogen) atoms. The summed E-state index contributed by atoms with van der Waals surface area (Å²) in [5.74, 6) is 1.14. The second-order valence-electron chi connectivity index (χ2n) is 5.43. The highest BCUT2D eigenvalue weighted by molar-refractivity contribution is 5.92. The highest BCUT2D eigenvalue weighted by atomic mass is 15.2. The van der Waals surface area contributed by atoms with Gasteiger partial charge in [0.05, 0.1) is 5.69 Å². The smallest absolute Gasteiger partial charge is 0.136 e. The lowest BCUT2D eigenvalue weighted by Crippen LogP contribution is -2.26. The number of pyridine rings is 1. The van der Waals surface area contributed by atoms with Crippen molar-refractivity contribution in [2.75, 3.05) is 24.5 Å². The first-order chi connectivity index (χ1) is 10.3. The predicted octanol–water partition coefficient (Wildman–Crippen LogP) is 3.97. The van der Waals surface area contributed by atoms with Crippen molar-refractivity contribution in [3.63, 3.8) is 0 Å². The summed E-state index contributed by atoms with van der Waals surface area (Å²) in [7, 11) is 0. The summed E-state index contributed by atoms with van der Waals surface area (Å²) in [5.41, 5.74) is 1.13. The Balaban J connectivity index is 2.46. The van der Waals surface area contributed by atoms with Gasteiger partial charge in [-0.25, -0.2) is 4.98 Å². The van der Waals surface area contributed by atoms with E-state index in [1.165, 1.54) is 10.8 Å². The van der Waals surface area contributed by atoms with Crippen LogP contribution in [0.5, 0.6) is 0 Å². The molecule has 0 bridgehead atoms. The van der Waals surface area contributed by atoms with E-state index in [1.807, 2.05) is 0 Å². The van der Waals surface area contributed by atoms with E-state index in [0.717, 1.165) is 50.5 Å². The van der Waals surface area contributed by atoms with Crippen LogP contribution in [0.15, 0.2) is 30.3 Å². The molecule has 0 aliphatic carbocycles. The topological polar surface area (TPSA) is 28.2 Å². The Morgan fingerprint density at radius 3 is 2.43 bits per heavy atom. The normalized spacial score (nSPS) is 11.0. The minimum atomic E-state index is 0.834. The summed E-state index contributed by atoms with van der Waals surface area (Å²) < 4.78 is 0. The van der Waals surface area contributed by atoms with Gasteiger partial charge < -0.3 is 10.2 Å². The van der Waals surface area contributed by atoms with E-state index < -0.39 is 0 Å². The SMILES string of the molecule is CCCN(CCC)c1nc(CNCC)cc2ccccc12. The number of hydrogen-bond acceptors (Lipinski definition) is 3. The van der Waals surface area contributed by atoms with Crippen LogP contribution in [0.1, 0.15) is 39.3 Å². The molecule has 1 heterocycles. The molecule has 1 N–H and O–H groups in total. The van der Waals surface area contributed by atoms with Gasteiger partial charge in [0.1, 0.15) is 5.82 Å². The summed E-state index contributed by atoms with van der Waals surface area (Å²) in [6.07, 6.45) is 2.29. The first-order valence-electron chi connectivity index (χ1n) is 8.14. The molecule has 3 nitrogen and oxygen atoms in total. The van der Waals surface area contributed by atoms with Gasteiger partial charge in [-0.1, -0.05) is 45.0 Å². The first kappa shape index (κ1) is 15.8. The molecule has 0 aliphatic rings. The summed E-state index contributed by atoms with van der Waals surface area (Å²) in [6.45, 7) is 10.5. The molecule has 0 unspecified atom stereocenters. The Kier molecular flexibility index (Phi) is 6.00. The van der Waals surface area contributed by atoms with E-state index in [-0.39, 0.29) is 0 Å². The van der Waals surface area contributed by atoms with E-state index in [4.69, 9.17) is 4.98 Å². The van der Waals surface area contributed by atoms with Crippen LogP contribution < -0.4 is 10.2 Å². The summed E-state index contributed by atoms with van der Waals surface area (Å²) in [6, 6.07) is 10.8. The fraction of sp³-hybridized carbons (Fsp3) is 0.500. The Morgan fingerprint density at radius 1 is 1.05 bits per heavy atom. The number of hydrogen-bond donors (Lipinski definition) is 1. The van der Waals surface area contributed by atoms with Gasteiger partial charge in [-0.2, -0.15) is 0 Å². The Morgan fingerprint density at radius 2 is 1.76 bits per heavy atom. The van der Waals surface area contributed by atoms with Crippen molar-refractivity contribution in [1.29, 1.82) is 0 Å². The number of rotatable bonds is 8. The van der Waals surface area contributed by atoms with Gasteiger partial charge >= 0.3 is 0 Å². The quantitative estimate of drug-likeness (QED) is 0.795. The molecule has 0 saturated carbocycles. The van der Waals surface area contributed by atoms with Gasteiger partial charge in [0, 0.05) is 25.0 Å². The van der Waals surface area contributed by atoms with Crippen LogP contribution in [0.25, 0.3) is 10.8 Å². The number of anilines is 1. The monoisotopic (exact) mass is 285 g/mol. The molecule has 1 aromatic heterocycles. The molecule has 2 rings (SSSR count). The number of nitrogens with zero attached hydrogens (tertiary/aromatic N) is 2. The third kappa shape index (κ3) is 3.94. The zero-order chi connectivity index (χ0) is 15.1. The average molecular weight is 285 g/mol. The number of nitrogens with one attached hydrogen (secondary N) is 1. The minimum absolute atomic E-state index is 0.834. The molecule has 0 atom stereocenters. The van der Waals surface area contributed by atoms with Gasteiger partial charge in [-0.05, 0) is 30.8 Å². The molecular weight excluding hydrogens is 258 g/mol. The van der Waals surface area contributed by atoms with Gasteiger partial charge in [-0.3, -0.25) is 0 Å². The molecule has 0 amide bonds. The summed E-state index contributed by atoms with van der Waals surface area (Å²) in [4.78, 5) is 7.37. The minimum Gasteiger partial charge on any atom is -0.356 e. The number of fused-ring (bicyclic) bond motifs is 1. The summed E-state index contributed by atoms with van der Waals surface area (Å²) >= 11 is 0. The fourth-order valence-electron chi connectivity index (χ4n) is 2.68. The van der Waals surface area contributed by atoms with Gasteiger partial charge in [0.25, 0.3) is 0 Å². The third-order valence-corrected chi connectivity index (χ3v) is 3.62. The molecule has 0 fully saturated rings. The Hall–Kier alpha value is -1.61. The standard InChI is InChI=1S/C18H27N3/c1-4-11-21(12-5-2)18-17-10-8-7-9-15(17)13-16(20-18)14-19-6-3/h7-10,13,19H,4-6,11-12,14H2,1-3H3. The van der Waals surface area contributed by atoms with Gasteiger partial charge in [0.15, 0.2) is 0 Å².